The molecule has 1 aromatic heterocycles. The van der Waals surface area contributed by atoms with Gasteiger partial charge in [0, 0.05) is 6.61 Å². The number of halogens is 1. The quantitative estimate of drug-likeness (QED) is 0.538. The van der Waals surface area contributed by atoms with Gasteiger partial charge in [-0.1, -0.05) is 13.8 Å². The van der Waals surface area contributed by atoms with Gasteiger partial charge in [-0.2, -0.15) is 5.10 Å². The van der Waals surface area contributed by atoms with E-state index in [1.807, 2.05) is 0 Å². The highest BCUT2D eigenvalue weighted by atomic mass is 35.5. The Hall–Kier alpha value is -0.610. The summed E-state index contributed by atoms with van der Waals surface area (Å²) >= 11 is 5.67. The molecule has 1 aromatic rings. The topological polar surface area (TPSA) is 39.9 Å². The number of hydrogen-bond acceptors (Lipinski definition) is 3. The fourth-order valence-corrected chi connectivity index (χ4v) is 1.26. The van der Waals surface area contributed by atoms with Crippen molar-refractivity contribution in [2.24, 2.45) is 5.92 Å². The summed E-state index contributed by atoms with van der Waals surface area (Å²) in [6.07, 6.45) is 1.51. The largest absolute Gasteiger partial charge is 0.379 e. The van der Waals surface area contributed by atoms with Gasteiger partial charge in [-0.15, -0.1) is 11.6 Å². The van der Waals surface area contributed by atoms with E-state index in [2.05, 4.69) is 23.9 Å². The first-order chi connectivity index (χ1) is 6.74. The molecule has 0 N–H and O–H groups in total. The van der Waals surface area contributed by atoms with Gasteiger partial charge in [0.15, 0.2) is 0 Å². The Morgan fingerprint density at radius 2 is 2.36 bits per heavy atom. The van der Waals surface area contributed by atoms with Gasteiger partial charge in [-0.25, -0.2) is 9.67 Å². The van der Waals surface area contributed by atoms with E-state index in [-0.39, 0.29) is 0 Å². The minimum absolute atomic E-state index is 0.393. The van der Waals surface area contributed by atoms with Crippen LogP contribution < -0.4 is 0 Å². The van der Waals surface area contributed by atoms with E-state index in [1.54, 1.807) is 4.68 Å². The van der Waals surface area contributed by atoms with Crippen molar-refractivity contribution < 1.29 is 4.74 Å². The van der Waals surface area contributed by atoms with Crippen LogP contribution in [-0.2, 0) is 17.2 Å². The number of aromatic nitrogens is 3. The first kappa shape index (κ1) is 11.5. The number of rotatable bonds is 6. The average molecular weight is 218 g/mol. The third-order valence-electron chi connectivity index (χ3n) is 1.71. The maximum atomic E-state index is 5.67. The number of ether oxygens (including phenoxy) is 1. The minimum atomic E-state index is 0.393. The SMILES string of the molecule is CC(C)COCCn1ncnc1CCl. The Bertz CT molecular complexity index is 262. The zero-order valence-electron chi connectivity index (χ0n) is 8.61. The van der Waals surface area contributed by atoms with E-state index in [0.717, 1.165) is 19.0 Å². The number of hydrogen-bond donors (Lipinski definition) is 0. The van der Waals surface area contributed by atoms with Crippen molar-refractivity contribution in [3.8, 4) is 0 Å². The summed E-state index contributed by atoms with van der Waals surface area (Å²) in [5.74, 6) is 1.75. The molecule has 0 amide bonds. The van der Waals surface area contributed by atoms with Crippen LogP contribution in [0.4, 0.5) is 0 Å². The molecule has 0 bridgehead atoms. The molecule has 0 atom stereocenters. The van der Waals surface area contributed by atoms with Gasteiger partial charge < -0.3 is 4.74 Å². The predicted molar refractivity (Wildman–Crippen MR) is 55.2 cm³/mol. The molecule has 0 spiro atoms. The molecule has 0 aliphatic heterocycles. The van der Waals surface area contributed by atoms with Crippen LogP contribution in [0.25, 0.3) is 0 Å². The van der Waals surface area contributed by atoms with Gasteiger partial charge >= 0.3 is 0 Å². The van der Waals surface area contributed by atoms with Gasteiger partial charge in [0.05, 0.1) is 19.0 Å². The molecule has 1 rings (SSSR count). The second-order valence-electron chi connectivity index (χ2n) is 3.50. The number of alkyl halides is 1. The van der Waals surface area contributed by atoms with Crippen molar-refractivity contribution >= 4 is 11.6 Å². The van der Waals surface area contributed by atoms with Crippen LogP contribution in [0.2, 0.25) is 0 Å². The molecule has 0 saturated carbocycles. The molecule has 4 nitrogen and oxygen atoms in total. The summed E-state index contributed by atoms with van der Waals surface area (Å²) in [5, 5.41) is 4.04. The molecule has 0 aliphatic carbocycles. The van der Waals surface area contributed by atoms with Crippen LogP contribution >= 0.6 is 11.6 Å². The fraction of sp³-hybridized carbons (Fsp3) is 0.778. The second kappa shape index (κ2) is 5.98. The van der Waals surface area contributed by atoms with Crippen molar-refractivity contribution in [1.29, 1.82) is 0 Å². The summed E-state index contributed by atoms with van der Waals surface area (Å²) in [6.45, 7) is 6.41. The van der Waals surface area contributed by atoms with Gasteiger partial charge in [0.25, 0.3) is 0 Å². The van der Waals surface area contributed by atoms with Gasteiger partial charge in [-0.3, -0.25) is 0 Å². The van der Waals surface area contributed by atoms with Crippen molar-refractivity contribution in [2.75, 3.05) is 13.2 Å². The minimum Gasteiger partial charge on any atom is -0.379 e. The van der Waals surface area contributed by atoms with Gasteiger partial charge in [0.1, 0.15) is 12.2 Å². The molecule has 0 aromatic carbocycles. The van der Waals surface area contributed by atoms with E-state index in [4.69, 9.17) is 16.3 Å². The molecule has 80 valence electrons. The lowest BCUT2D eigenvalue weighted by Gasteiger charge is -2.07. The molecule has 1 heterocycles. The van der Waals surface area contributed by atoms with Crippen molar-refractivity contribution in [1.82, 2.24) is 14.8 Å². The number of nitrogens with zero attached hydrogens (tertiary/aromatic N) is 3. The van der Waals surface area contributed by atoms with E-state index in [9.17, 15) is 0 Å². The standard InChI is InChI=1S/C9H16ClN3O/c1-8(2)6-14-4-3-13-9(5-10)11-7-12-13/h7-8H,3-6H2,1-2H3. The summed E-state index contributed by atoms with van der Waals surface area (Å²) in [6, 6.07) is 0. The monoisotopic (exact) mass is 217 g/mol. The van der Waals surface area contributed by atoms with E-state index >= 15 is 0 Å². The van der Waals surface area contributed by atoms with Gasteiger partial charge in [0.2, 0.25) is 0 Å². The molecule has 0 aliphatic rings. The molecular formula is C9H16ClN3O. The van der Waals surface area contributed by atoms with E-state index in [1.165, 1.54) is 6.33 Å². The maximum Gasteiger partial charge on any atom is 0.141 e. The third kappa shape index (κ3) is 3.64. The lowest BCUT2D eigenvalue weighted by atomic mass is 10.2. The summed E-state index contributed by atoms with van der Waals surface area (Å²) in [5.41, 5.74) is 0. The molecule has 14 heavy (non-hydrogen) atoms. The molecule has 0 fully saturated rings. The first-order valence-corrected chi connectivity index (χ1v) is 5.28. The fourth-order valence-electron chi connectivity index (χ4n) is 1.05. The molecule has 5 heteroatoms. The normalized spacial score (nSPS) is 11.1. The van der Waals surface area contributed by atoms with Crippen molar-refractivity contribution in [3.63, 3.8) is 0 Å². The van der Waals surface area contributed by atoms with Crippen molar-refractivity contribution in [2.45, 2.75) is 26.3 Å². The zero-order chi connectivity index (χ0) is 10.4. The van der Waals surface area contributed by atoms with Crippen LogP contribution in [0.1, 0.15) is 19.7 Å². The highest BCUT2D eigenvalue weighted by Crippen LogP contribution is 1.99. The van der Waals surface area contributed by atoms with E-state index in [0.29, 0.717) is 18.4 Å². The molecule has 0 unspecified atom stereocenters. The van der Waals surface area contributed by atoms with E-state index < -0.39 is 0 Å². The summed E-state index contributed by atoms with van der Waals surface area (Å²) in [7, 11) is 0. The Balaban J connectivity index is 2.24. The Morgan fingerprint density at radius 3 is 3.00 bits per heavy atom. The zero-order valence-corrected chi connectivity index (χ0v) is 9.37. The molecule has 0 radical (unpaired) electrons. The maximum absolute atomic E-state index is 5.67. The Labute approximate surface area is 89.2 Å². The van der Waals surface area contributed by atoms with Crippen LogP contribution in [0.15, 0.2) is 6.33 Å². The lowest BCUT2D eigenvalue weighted by Crippen LogP contribution is -2.12. The highest BCUT2D eigenvalue weighted by molar-refractivity contribution is 6.16. The van der Waals surface area contributed by atoms with Crippen LogP contribution in [-0.4, -0.2) is 28.0 Å². The Kier molecular flexibility index (Phi) is 4.90. The summed E-state index contributed by atoms with van der Waals surface area (Å²) in [4.78, 5) is 4.01. The summed E-state index contributed by atoms with van der Waals surface area (Å²) < 4.78 is 7.21. The van der Waals surface area contributed by atoms with Crippen molar-refractivity contribution in [3.05, 3.63) is 12.2 Å². The van der Waals surface area contributed by atoms with Crippen LogP contribution in [0.5, 0.6) is 0 Å². The average Bonchev–Trinajstić information content (AvgIpc) is 2.59. The Morgan fingerprint density at radius 1 is 1.57 bits per heavy atom. The van der Waals surface area contributed by atoms with Gasteiger partial charge in [-0.05, 0) is 5.92 Å². The second-order valence-corrected chi connectivity index (χ2v) is 3.77. The first-order valence-electron chi connectivity index (χ1n) is 4.74. The highest BCUT2D eigenvalue weighted by Gasteiger charge is 2.02. The smallest absolute Gasteiger partial charge is 0.141 e. The van der Waals surface area contributed by atoms with Crippen LogP contribution in [0.3, 0.4) is 0 Å². The lowest BCUT2D eigenvalue weighted by molar-refractivity contribution is 0.100. The van der Waals surface area contributed by atoms with Crippen LogP contribution in [0, 0.1) is 5.92 Å². The predicted octanol–water partition coefficient (Wildman–Crippen LogP) is 1.69. The third-order valence-corrected chi connectivity index (χ3v) is 1.95. The molecular weight excluding hydrogens is 202 g/mol. The molecule has 0 saturated heterocycles.